The molecule has 1 aromatic heterocycles. The van der Waals surface area contributed by atoms with E-state index in [1.165, 1.54) is 32.1 Å². The summed E-state index contributed by atoms with van der Waals surface area (Å²) in [6.07, 6.45) is 10.5. The number of aryl methyl sites for hydroxylation is 1. The zero-order valence-corrected chi connectivity index (χ0v) is 11.0. The predicted octanol–water partition coefficient (Wildman–Crippen LogP) is 2.54. The molecule has 1 heterocycles. The van der Waals surface area contributed by atoms with E-state index in [2.05, 4.69) is 11.9 Å². The van der Waals surface area contributed by atoms with Gasteiger partial charge in [-0.1, -0.05) is 26.2 Å². The highest BCUT2D eigenvalue weighted by atomic mass is 16.3. The van der Waals surface area contributed by atoms with Gasteiger partial charge in [0.2, 0.25) is 0 Å². The monoisotopic (exact) mass is 236 g/mol. The summed E-state index contributed by atoms with van der Waals surface area (Å²) in [5.74, 6) is 2.37. The van der Waals surface area contributed by atoms with Crippen molar-refractivity contribution in [2.75, 3.05) is 0 Å². The fraction of sp³-hybridized carbons (Fsp3) is 0.786. The molecule has 0 bridgehead atoms. The third kappa shape index (κ3) is 3.09. The van der Waals surface area contributed by atoms with E-state index in [-0.39, 0.29) is 6.10 Å². The van der Waals surface area contributed by atoms with Crippen LogP contribution in [0.3, 0.4) is 0 Å². The summed E-state index contributed by atoms with van der Waals surface area (Å²) in [6.45, 7) is 2.27. The summed E-state index contributed by atoms with van der Waals surface area (Å²) in [6, 6.07) is 0. The van der Waals surface area contributed by atoms with Gasteiger partial charge in [0, 0.05) is 25.9 Å². The Morgan fingerprint density at radius 2 is 2.12 bits per heavy atom. The van der Waals surface area contributed by atoms with E-state index in [9.17, 15) is 5.11 Å². The Bertz CT molecular complexity index is 340. The number of hydrogen-bond donors (Lipinski definition) is 1. The zero-order valence-electron chi connectivity index (χ0n) is 11.0. The second kappa shape index (κ2) is 5.67. The molecule has 3 heteroatoms. The summed E-state index contributed by atoms with van der Waals surface area (Å²) < 4.78 is 2.00. The molecule has 1 N–H and O–H groups in total. The Morgan fingerprint density at radius 3 is 2.65 bits per heavy atom. The van der Waals surface area contributed by atoms with Crippen molar-refractivity contribution >= 4 is 0 Å². The number of hydrogen-bond acceptors (Lipinski definition) is 2. The highest BCUT2D eigenvalue weighted by Crippen LogP contribution is 2.33. The van der Waals surface area contributed by atoms with Gasteiger partial charge in [0.1, 0.15) is 5.82 Å². The zero-order chi connectivity index (χ0) is 12.3. The molecule has 17 heavy (non-hydrogen) atoms. The maximum absolute atomic E-state index is 10.3. The average Bonchev–Trinajstić information content (AvgIpc) is 2.75. The minimum Gasteiger partial charge on any atom is -0.392 e. The van der Waals surface area contributed by atoms with Crippen molar-refractivity contribution < 1.29 is 5.11 Å². The molecule has 1 saturated carbocycles. The van der Waals surface area contributed by atoms with Gasteiger partial charge in [-0.25, -0.2) is 4.98 Å². The maximum Gasteiger partial charge on any atom is 0.110 e. The number of aliphatic hydroxyl groups is 1. The lowest BCUT2D eigenvalue weighted by molar-refractivity contribution is 0.0714. The predicted molar refractivity (Wildman–Crippen MR) is 68.7 cm³/mol. The molecule has 1 aliphatic carbocycles. The molecule has 1 aliphatic rings. The van der Waals surface area contributed by atoms with Gasteiger partial charge < -0.3 is 9.67 Å². The molecule has 1 aromatic rings. The van der Waals surface area contributed by atoms with Gasteiger partial charge in [0.05, 0.1) is 6.10 Å². The molecule has 1 unspecified atom stereocenters. The van der Waals surface area contributed by atoms with E-state index in [4.69, 9.17) is 0 Å². The van der Waals surface area contributed by atoms with Gasteiger partial charge in [0.15, 0.2) is 0 Å². The maximum atomic E-state index is 10.3. The Balaban J connectivity index is 1.85. The molecule has 0 aromatic carbocycles. The fourth-order valence-corrected chi connectivity index (χ4v) is 2.93. The quantitative estimate of drug-likeness (QED) is 0.872. The van der Waals surface area contributed by atoms with Gasteiger partial charge >= 0.3 is 0 Å². The fourth-order valence-electron chi connectivity index (χ4n) is 2.93. The minimum absolute atomic E-state index is 0.214. The second-order valence-electron chi connectivity index (χ2n) is 5.41. The number of rotatable bonds is 4. The van der Waals surface area contributed by atoms with E-state index in [0.29, 0.717) is 12.3 Å². The van der Waals surface area contributed by atoms with Crippen molar-refractivity contribution in [1.29, 1.82) is 0 Å². The van der Waals surface area contributed by atoms with Crippen LogP contribution < -0.4 is 0 Å². The standard InChI is InChI=1S/C14H24N2O/c1-3-11-4-6-12(7-5-11)13(17)10-14-15-8-9-16(14)2/h8-9,11-13,17H,3-7,10H2,1-2H3. The summed E-state index contributed by atoms with van der Waals surface area (Å²) >= 11 is 0. The average molecular weight is 236 g/mol. The molecule has 96 valence electrons. The number of aromatic nitrogens is 2. The Hall–Kier alpha value is -0.830. The second-order valence-corrected chi connectivity index (χ2v) is 5.41. The topological polar surface area (TPSA) is 38.1 Å². The van der Waals surface area contributed by atoms with Crippen LogP contribution in [0, 0.1) is 11.8 Å². The molecule has 0 radical (unpaired) electrons. The Kier molecular flexibility index (Phi) is 4.21. The number of aliphatic hydroxyl groups excluding tert-OH is 1. The van der Waals surface area contributed by atoms with Crippen LogP contribution in [0.1, 0.15) is 44.9 Å². The van der Waals surface area contributed by atoms with Gasteiger partial charge in [-0.3, -0.25) is 0 Å². The lowest BCUT2D eigenvalue weighted by Crippen LogP contribution is -2.28. The van der Waals surface area contributed by atoms with Crippen LogP contribution in [0.15, 0.2) is 12.4 Å². The Morgan fingerprint density at radius 1 is 1.41 bits per heavy atom. The van der Waals surface area contributed by atoms with Gasteiger partial charge in [-0.2, -0.15) is 0 Å². The van der Waals surface area contributed by atoms with Crippen LogP contribution in [-0.4, -0.2) is 20.8 Å². The molecule has 0 spiro atoms. The normalized spacial score (nSPS) is 27.0. The first-order valence-corrected chi connectivity index (χ1v) is 6.85. The molecule has 1 atom stereocenters. The molecule has 1 fully saturated rings. The largest absolute Gasteiger partial charge is 0.392 e. The third-order valence-corrected chi connectivity index (χ3v) is 4.33. The molecular weight excluding hydrogens is 212 g/mol. The highest BCUT2D eigenvalue weighted by Gasteiger charge is 2.26. The minimum atomic E-state index is -0.214. The van der Waals surface area contributed by atoms with Crippen LogP contribution in [0.5, 0.6) is 0 Å². The van der Waals surface area contributed by atoms with E-state index in [1.807, 2.05) is 17.8 Å². The summed E-state index contributed by atoms with van der Waals surface area (Å²) in [4.78, 5) is 4.28. The van der Waals surface area contributed by atoms with Crippen molar-refractivity contribution in [2.24, 2.45) is 18.9 Å². The SMILES string of the molecule is CCC1CCC(C(O)Cc2nccn2C)CC1. The van der Waals surface area contributed by atoms with Crippen LogP contribution >= 0.6 is 0 Å². The van der Waals surface area contributed by atoms with Crippen molar-refractivity contribution in [3.05, 3.63) is 18.2 Å². The Labute approximate surface area is 104 Å². The van der Waals surface area contributed by atoms with Crippen molar-refractivity contribution in [2.45, 2.75) is 51.6 Å². The molecule has 0 aliphatic heterocycles. The van der Waals surface area contributed by atoms with Gasteiger partial charge in [0.25, 0.3) is 0 Å². The smallest absolute Gasteiger partial charge is 0.110 e. The first kappa shape index (κ1) is 12.6. The van der Waals surface area contributed by atoms with E-state index in [0.717, 1.165) is 11.7 Å². The highest BCUT2D eigenvalue weighted by molar-refractivity contribution is 4.94. The van der Waals surface area contributed by atoms with Crippen LogP contribution in [-0.2, 0) is 13.5 Å². The first-order valence-electron chi connectivity index (χ1n) is 6.85. The summed E-state index contributed by atoms with van der Waals surface area (Å²) in [5, 5.41) is 10.3. The van der Waals surface area contributed by atoms with E-state index < -0.39 is 0 Å². The van der Waals surface area contributed by atoms with Crippen molar-refractivity contribution in [3.63, 3.8) is 0 Å². The molecule has 0 amide bonds. The van der Waals surface area contributed by atoms with E-state index >= 15 is 0 Å². The van der Waals surface area contributed by atoms with Crippen LogP contribution in [0.4, 0.5) is 0 Å². The lowest BCUT2D eigenvalue weighted by atomic mass is 9.78. The lowest BCUT2D eigenvalue weighted by Gasteiger charge is -2.30. The third-order valence-electron chi connectivity index (χ3n) is 4.33. The number of imidazole rings is 1. The van der Waals surface area contributed by atoms with Gasteiger partial charge in [-0.15, -0.1) is 0 Å². The molecule has 0 saturated heterocycles. The molecule has 3 nitrogen and oxygen atoms in total. The van der Waals surface area contributed by atoms with Crippen molar-refractivity contribution in [1.82, 2.24) is 9.55 Å². The summed E-state index contributed by atoms with van der Waals surface area (Å²) in [5.41, 5.74) is 0. The number of nitrogens with zero attached hydrogens (tertiary/aromatic N) is 2. The van der Waals surface area contributed by atoms with Crippen LogP contribution in [0.2, 0.25) is 0 Å². The van der Waals surface area contributed by atoms with Crippen LogP contribution in [0.25, 0.3) is 0 Å². The molecular formula is C14H24N2O. The van der Waals surface area contributed by atoms with Gasteiger partial charge in [-0.05, 0) is 24.7 Å². The van der Waals surface area contributed by atoms with Crippen molar-refractivity contribution in [3.8, 4) is 0 Å². The first-order chi connectivity index (χ1) is 8.20. The summed E-state index contributed by atoms with van der Waals surface area (Å²) in [7, 11) is 1.99. The van der Waals surface area contributed by atoms with E-state index in [1.54, 1.807) is 6.20 Å². The molecule has 2 rings (SSSR count).